The number of halogens is 1. The minimum Gasteiger partial charge on any atom is -0.346 e. The van der Waals surface area contributed by atoms with Crippen molar-refractivity contribution in [2.75, 3.05) is 4.72 Å². The zero-order valence-electron chi connectivity index (χ0n) is 9.42. The maximum atomic E-state index is 13.0. The van der Waals surface area contributed by atoms with Crippen LogP contribution in [0.5, 0.6) is 0 Å². The molecule has 2 aromatic rings. The van der Waals surface area contributed by atoms with Crippen LogP contribution in [-0.2, 0) is 4.74 Å². The van der Waals surface area contributed by atoms with Crippen LogP contribution in [0.1, 0.15) is 9.67 Å². The number of anilines is 1. The predicted octanol–water partition coefficient (Wildman–Crippen LogP) is 3.64. The lowest BCUT2D eigenvalue weighted by atomic mass is 10.4. The van der Waals surface area contributed by atoms with Gasteiger partial charge in [0.1, 0.15) is 10.7 Å². The van der Waals surface area contributed by atoms with Crippen molar-refractivity contribution in [1.82, 2.24) is 0 Å². The highest BCUT2D eigenvalue weighted by atomic mass is 32.2. The second kappa shape index (κ2) is 6.22. The van der Waals surface area contributed by atoms with E-state index in [0.29, 0.717) is 15.5 Å². The van der Waals surface area contributed by atoms with Gasteiger partial charge in [0, 0.05) is 4.90 Å². The quantitative estimate of drug-likeness (QED) is 0.530. The fraction of sp³-hybridized carbons (Fsp3) is 0. The third-order valence-corrected chi connectivity index (χ3v) is 3.77. The van der Waals surface area contributed by atoms with Crippen LogP contribution < -0.4 is 4.72 Å². The number of thiophene rings is 1. The van der Waals surface area contributed by atoms with Crippen LogP contribution in [0.25, 0.3) is 0 Å². The van der Waals surface area contributed by atoms with Crippen LogP contribution in [0.15, 0.2) is 40.6 Å². The third-order valence-electron chi connectivity index (χ3n) is 2.06. The van der Waals surface area contributed by atoms with Gasteiger partial charge in [-0.05, 0) is 41.6 Å². The maximum absolute atomic E-state index is 13.0. The van der Waals surface area contributed by atoms with E-state index in [1.807, 2.05) is 0 Å². The Labute approximate surface area is 117 Å². The van der Waals surface area contributed by atoms with Crippen LogP contribution in [0.3, 0.4) is 0 Å². The summed E-state index contributed by atoms with van der Waals surface area (Å²) in [5.41, 5.74) is 0.527. The molecule has 0 aliphatic heterocycles. The first-order valence-electron chi connectivity index (χ1n) is 5.07. The van der Waals surface area contributed by atoms with Gasteiger partial charge in [0.15, 0.2) is 0 Å². The lowest BCUT2D eigenvalue weighted by Gasteiger charge is -2.05. The van der Waals surface area contributed by atoms with Crippen molar-refractivity contribution in [1.29, 1.82) is 5.26 Å². The highest BCUT2D eigenvalue weighted by Gasteiger charge is 2.15. The second-order valence-corrected chi connectivity index (χ2v) is 5.10. The minimum absolute atomic E-state index is 0.297. The van der Waals surface area contributed by atoms with Gasteiger partial charge in [0.2, 0.25) is 0 Å². The molecule has 2 rings (SSSR count). The molecule has 0 saturated carbocycles. The number of nitrogens with zero attached hydrogens (tertiary/aromatic N) is 1. The molecule has 7 heteroatoms. The number of nitrogens with one attached hydrogen (secondary N) is 1. The Morgan fingerprint density at radius 3 is 3.05 bits per heavy atom. The molecule has 0 fully saturated rings. The number of benzene rings is 1. The topological polar surface area (TPSA) is 62.1 Å². The second-order valence-electron chi connectivity index (χ2n) is 3.31. The summed E-state index contributed by atoms with van der Waals surface area (Å²) in [7, 11) is 0. The maximum Gasteiger partial charge on any atom is 0.365 e. The molecule has 0 spiro atoms. The van der Waals surface area contributed by atoms with Crippen LogP contribution in [0.4, 0.5) is 10.1 Å². The van der Waals surface area contributed by atoms with Crippen molar-refractivity contribution >= 4 is 34.9 Å². The summed E-state index contributed by atoms with van der Waals surface area (Å²) < 4.78 is 20.2. The monoisotopic (exact) mass is 294 g/mol. The van der Waals surface area contributed by atoms with E-state index in [1.54, 1.807) is 23.6 Å². The van der Waals surface area contributed by atoms with Crippen molar-refractivity contribution in [3.63, 3.8) is 0 Å². The summed E-state index contributed by atoms with van der Waals surface area (Å²) in [6.45, 7) is 0. The number of nitriles is 1. The fourth-order valence-corrected chi connectivity index (χ4v) is 2.78. The van der Waals surface area contributed by atoms with Crippen molar-refractivity contribution < 1.29 is 13.9 Å². The number of carbonyl (C=O) groups is 1. The molecule has 1 aromatic carbocycles. The SMILES string of the molecule is N#COC(=O)c1sccc1NSc1cccc(F)c1. The first-order valence-corrected chi connectivity index (χ1v) is 6.76. The number of rotatable bonds is 4. The first kappa shape index (κ1) is 13.4. The average Bonchev–Trinajstić information content (AvgIpc) is 2.85. The van der Waals surface area contributed by atoms with Gasteiger partial charge in [0.05, 0.1) is 5.69 Å². The Morgan fingerprint density at radius 2 is 2.32 bits per heavy atom. The molecule has 19 heavy (non-hydrogen) atoms. The molecule has 0 saturated heterocycles. The minimum atomic E-state index is -0.708. The number of carbonyl (C=O) groups excluding carboxylic acids is 1. The smallest absolute Gasteiger partial charge is 0.346 e. The standard InChI is InChI=1S/C12H7FN2O2S2/c13-8-2-1-3-9(6-8)19-15-10-4-5-18-11(10)12(16)17-7-14/h1-6,15H. The zero-order chi connectivity index (χ0) is 13.7. The molecule has 1 aromatic heterocycles. The van der Waals surface area contributed by atoms with Gasteiger partial charge in [0.25, 0.3) is 6.26 Å². The van der Waals surface area contributed by atoms with Gasteiger partial charge in [-0.3, -0.25) is 0 Å². The molecule has 1 N–H and O–H groups in total. The molecule has 0 unspecified atom stereocenters. The summed E-state index contributed by atoms with van der Waals surface area (Å²) in [4.78, 5) is 12.4. The van der Waals surface area contributed by atoms with E-state index < -0.39 is 5.97 Å². The van der Waals surface area contributed by atoms with Gasteiger partial charge >= 0.3 is 5.97 Å². The van der Waals surface area contributed by atoms with Gasteiger partial charge in [-0.15, -0.1) is 16.6 Å². The molecule has 4 nitrogen and oxygen atoms in total. The molecule has 0 radical (unpaired) electrons. The van der Waals surface area contributed by atoms with E-state index in [9.17, 15) is 9.18 Å². The Bertz CT molecular complexity index is 637. The van der Waals surface area contributed by atoms with Crippen LogP contribution in [-0.4, -0.2) is 5.97 Å². The van der Waals surface area contributed by atoms with Gasteiger partial charge < -0.3 is 9.46 Å². The largest absolute Gasteiger partial charge is 0.365 e. The van der Waals surface area contributed by atoms with Gasteiger partial charge in [-0.25, -0.2) is 9.18 Å². The first-order chi connectivity index (χ1) is 9.20. The molecule has 1 heterocycles. The van der Waals surface area contributed by atoms with Gasteiger partial charge in [-0.2, -0.15) is 0 Å². The fourth-order valence-electron chi connectivity index (χ4n) is 1.28. The lowest BCUT2D eigenvalue weighted by molar-refractivity contribution is 0.0691. The Morgan fingerprint density at radius 1 is 1.47 bits per heavy atom. The highest BCUT2D eigenvalue weighted by molar-refractivity contribution is 8.00. The molecule has 0 bridgehead atoms. The van der Waals surface area contributed by atoms with Crippen molar-refractivity contribution in [2.45, 2.75) is 4.90 Å². The normalized spacial score (nSPS) is 9.68. The molecular weight excluding hydrogens is 287 g/mol. The van der Waals surface area contributed by atoms with Crippen LogP contribution in [0, 0.1) is 17.3 Å². The number of hydrogen-bond acceptors (Lipinski definition) is 6. The Hall–Kier alpha value is -2.04. The van der Waals surface area contributed by atoms with E-state index in [-0.39, 0.29) is 5.82 Å². The molecular formula is C12H7FN2O2S2. The summed E-state index contributed by atoms with van der Waals surface area (Å²) in [5, 5.41) is 10.0. The van der Waals surface area contributed by atoms with E-state index in [4.69, 9.17) is 5.26 Å². The van der Waals surface area contributed by atoms with E-state index in [1.165, 1.54) is 30.3 Å². The lowest BCUT2D eigenvalue weighted by Crippen LogP contribution is -2.00. The number of hydrogen-bond donors (Lipinski definition) is 1. The van der Waals surface area contributed by atoms with Gasteiger partial charge in [-0.1, -0.05) is 6.07 Å². The third kappa shape index (κ3) is 3.47. The highest BCUT2D eigenvalue weighted by Crippen LogP contribution is 2.28. The average molecular weight is 294 g/mol. The Balaban J connectivity index is 2.06. The summed E-state index contributed by atoms with van der Waals surface area (Å²) in [5.74, 6) is -1.04. The summed E-state index contributed by atoms with van der Waals surface area (Å²) in [6, 6.07) is 7.74. The van der Waals surface area contributed by atoms with Crippen molar-refractivity contribution in [2.24, 2.45) is 0 Å². The Kier molecular flexibility index (Phi) is 4.39. The van der Waals surface area contributed by atoms with E-state index in [0.717, 1.165) is 11.3 Å². The summed E-state index contributed by atoms with van der Waals surface area (Å²) >= 11 is 2.33. The van der Waals surface area contributed by atoms with E-state index in [2.05, 4.69) is 9.46 Å². The number of esters is 1. The number of ether oxygens (including phenoxy) is 1. The summed E-state index contributed by atoms with van der Waals surface area (Å²) in [6.07, 6.45) is 1.34. The zero-order valence-corrected chi connectivity index (χ0v) is 11.1. The molecule has 0 aliphatic rings. The van der Waals surface area contributed by atoms with Crippen LogP contribution >= 0.6 is 23.3 Å². The van der Waals surface area contributed by atoms with Crippen molar-refractivity contribution in [3.8, 4) is 6.26 Å². The molecule has 0 atom stereocenters. The predicted molar refractivity (Wildman–Crippen MR) is 71.2 cm³/mol. The van der Waals surface area contributed by atoms with Crippen molar-refractivity contribution in [3.05, 3.63) is 46.4 Å². The van der Waals surface area contributed by atoms with E-state index >= 15 is 0 Å². The molecule has 0 aliphatic carbocycles. The molecule has 96 valence electrons. The van der Waals surface area contributed by atoms with Crippen LogP contribution in [0.2, 0.25) is 0 Å². The molecule has 0 amide bonds.